The molecule has 0 aromatic heterocycles. The third-order valence-corrected chi connectivity index (χ3v) is 4.10. The van der Waals surface area contributed by atoms with Gasteiger partial charge in [-0.05, 0) is 35.9 Å². The second-order valence-electron chi connectivity index (χ2n) is 5.35. The highest BCUT2D eigenvalue weighted by molar-refractivity contribution is 6.36. The number of carbonyl (C=O) groups is 1. The van der Waals surface area contributed by atoms with E-state index < -0.39 is 0 Å². The molecule has 0 aliphatic carbocycles. The topological polar surface area (TPSA) is 38.3 Å². The van der Waals surface area contributed by atoms with Crippen molar-refractivity contribution in [2.75, 3.05) is 5.32 Å². The molecule has 3 nitrogen and oxygen atoms in total. The molecule has 3 rings (SSSR count). The van der Waals surface area contributed by atoms with Crippen molar-refractivity contribution in [2.24, 2.45) is 0 Å². The minimum absolute atomic E-state index is 0.298. The van der Waals surface area contributed by atoms with Gasteiger partial charge in [0.05, 0.1) is 16.3 Å². The average molecular weight is 372 g/mol. The van der Waals surface area contributed by atoms with Crippen molar-refractivity contribution in [3.63, 3.8) is 0 Å². The summed E-state index contributed by atoms with van der Waals surface area (Å²) in [6.45, 7) is 0.382. The van der Waals surface area contributed by atoms with E-state index in [1.807, 2.05) is 36.4 Å². The summed E-state index contributed by atoms with van der Waals surface area (Å²) in [6.07, 6.45) is 0. The van der Waals surface area contributed by atoms with Crippen LogP contribution in [0.15, 0.2) is 72.8 Å². The summed E-state index contributed by atoms with van der Waals surface area (Å²) in [5, 5.41) is 3.67. The quantitative estimate of drug-likeness (QED) is 0.612. The lowest BCUT2D eigenvalue weighted by molar-refractivity contribution is 0.102. The average Bonchev–Trinajstić information content (AvgIpc) is 2.63. The summed E-state index contributed by atoms with van der Waals surface area (Å²) in [5.74, 6) is 0.210. The molecular formula is C20H15Cl2NO2. The first-order valence-electron chi connectivity index (χ1n) is 7.65. The molecule has 1 N–H and O–H groups in total. The number of halogens is 2. The van der Waals surface area contributed by atoms with Crippen molar-refractivity contribution in [2.45, 2.75) is 6.61 Å². The minimum Gasteiger partial charge on any atom is -0.488 e. The number of rotatable bonds is 5. The lowest BCUT2D eigenvalue weighted by Gasteiger charge is -2.12. The van der Waals surface area contributed by atoms with Gasteiger partial charge < -0.3 is 10.1 Å². The van der Waals surface area contributed by atoms with Crippen LogP contribution >= 0.6 is 23.2 Å². The van der Waals surface area contributed by atoms with Crippen molar-refractivity contribution in [1.29, 1.82) is 0 Å². The Bertz CT molecular complexity index is 882. The maximum Gasteiger partial charge on any atom is 0.259 e. The van der Waals surface area contributed by atoms with E-state index >= 15 is 0 Å². The SMILES string of the molecule is O=C(Nc1ccc(Cl)cc1Cl)c1ccccc1OCc1ccccc1. The first-order valence-corrected chi connectivity index (χ1v) is 8.41. The van der Waals surface area contributed by atoms with Gasteiger partial charge in [0.2, 0.25) is 0 Å². The van der Waals surface area contributed by atoms with Gasteiger partial charge in [-0.3, -0.25) is 4.79 Å². The number of hydrogen-bond acceptors (Lipinski definition) is 2. The molecule has 0 bridgehead atoms. The number of ether oxygens (including phenoxy) is 1. The molecule has 0 aliphatic rings. The van der Waals surface area contributed by atoms with Crippen LogP contribution < -0.4 is 10.1 Å². The summed E-state index contributed by atoms with van der Waals surface area (Å²) in [7, 11) is 0. The Labute approximate surface area is 156 Å². The van der Waals surface area contributed by atoms with E-state index in [1.165, 1.54) is 0 Å². The van der Waals surface area contributed by atoms with Gasteiger partial charge in [0.25, 0.3) is 5.91 Å². The van der Waals surface area contributed by atoms with E-state index in [1.54, 1.807) is 36.4 Å². The summed E-state index contributed by atoms with van der Waals surface area (Å²) in [4.78, 5) is 12.6. The minimum atomic E-state index is -0.298. The van der Waals surface area contributed by atoms with Gasteiger partial charge in [0.15, 0.2) is 0 Å². The Kier molecular flexibility index (Phi) is 5.59. The highest BCUT2D eigenvalue weighted by Gasteiger charge is 2.14. The Morgan fingerprint density at radius 1 is 0.920 bits per heavy atom. The van der Waals surface area contributed by atoms with E-state index in [9.17, 15) is 4.79 Å². The molecule has 0 radical (unpaired) electrons. The van der Waals surface area contributed by atoms with Crippen LogP contribution in [-0.4, -0.2) is 5.91 Å². The second-order valence-corrected chi connectivity index (χ2v) is 6.19. The van der Waals surface area contributed by atoms with Crippen molar-refractivity contribution < 1.29 is 9.53 Å². The number of nitrogens with one attached hydrogen (secondary N) is 1. The molecule has 3 aromatic carbocycles. The number of carbonyl (C=O) groups excluding carboxylic acids is 1. The molecule has 0 fully saturated rings. The molecule has 126 valence electrons. The van der Waals surface area contributed by atoms with Crippen LogP contribution in [-0.2, 0) is 6.61 Å². The van der Waals surface area contributed by atoms with Gasteiger partial charge in [0.1, 0.15) is 12.4 Å². The summed E-state index contributed by atoms with van der Waals surface area (Å²) < 4.78 is 5.82. The van der Waals surface area contributed by atoms with Crippen LogP contribution in [0, 0.1) is 0 Å². The predicted molar refractivity (Wildman–Crippen MR) is 102 cm³/mol. The number of hydrogen-bond donors (Lipinski definition) is 1. The summed E-state index contributed by atoms with van der Waals surface area (Å²) in [6, 6.07) is 21.8. The first kappa shape index (κ1) is 17.3. The summed E-state index contributed by atoms with van der Waals surface area (Å²) >= 11 is 12.0. The third-order valence-electron chi connectivity index (χ3n) is 3.55. The van der Waals surface area contributed by atoms with E-state index in [0.717, 1.165) is 5.56 Å². The van der Waals surface area contributed by atoms with Gasteiger partial charge in [-0.25, -0.2) is 0 Å². The lowest BCUT2D eigenvalue weighted by atomic mass is 10.1. The largest absolute Gasteiger partial charge is 0.488 e. The molecule has 25 heavy (non-hydrogen) atoms. The van der Waals surface area contributed by atoms with Crippen LogP contribution in [0.25, 0.3) is 0 Å². The molecule has 0 saturated carbocycles. The Balaban J connectivity index is 1.76. The number of benzene rings is 3. The molecule has 5 heteroatoms. The van der Waals surface area contributed by atoms with Gasteiger partial charge in [0, 0.05) is 5.02 Å². The standard InChI is InChI=1S/C20H15Cl2NO2/c21-15-10-11-18(17(22)12-15)23-20(24)16-8-4-5-9-19(16)25-13-14-6-2-1-3-7-14/h1-12H,13H2,(H,23,24). The van der Waals surface area contributed by atoms with Crippen molar-refractivity contribution in [3.05, 3.63) is 94.0 Å². The van der Waals surface area contributed by atoms with Gasteiger partial charge >= 0.3 is 0 Å². The zero-order valence-corrected chi connectivity index (χ0v) is 14.7. The van der Waals surface area contributed by atoms with Crippen molar-refractivity contribution in [3.8, 4) is 5.75 Å². The fraction of sp³-hybridized carbons (Fsp3) is 0.0500. The van der Waals surface area contributed by atoms with Gasteiger partial charge in [-0.15, -0.1) is 0 Å². The van der Waals surface area contributed by atoms with Gasteiger partial charge in [-0.1, -0.05) is 65.7 Å². The smallest absolute Gasteiger partial charge is 0.259 e. The molecule has 0 unspecified atom stereocenters. The van der Waals surface area contributed by atoms with E-state index in [4.69, 9.17) is 27.9 Å². The highest BCUT2D eigenvalue weighted by Crippen LogP contribution is 2.27. The monoisotopic (exact) mass is 371 g/mol. The fourth-order valence-electron chi connectivity index (χ4n) is 2.30. The molecule has 0 saturated heterocycles. The third kappa shape index (κ3) is 4.53. The zero-order valence-electron chi connectivity index (χ0n) is 13.2. The molecule has 3 aromatic rings. The first-order chi connectivity index (χ1) is 12.1. The number of para-hydroxylation sites is 1. The molecule has 0 spiro atoms. The second kappa shape index (κ2) is 8.06. The Morgan fingerprint density at radius 3 is 2.40 bits per heavy atom. The Hall–Kier alpha value is -2.49. The molecular weight excluding hydrogens is 357 g/mol. The number of anilines is 1. The van der Waals surface area contributed by atoms with Crippen LogP contribution in [0.4, 0.5) is 5.69 Å². The molecule has 0 aliphatic heterocycles. The highest BCUT2D eigenvalue weighted by atomic mass is 35.5. The predicted octanol–water partition coefficient (Wildman–Crippen LogP) is 5.82. The van der Waals surface area contributed by atoms with Crippen LogP contribution in [0.5, 0.6) is 5.75 Å². The van der Waals surface area contributed by atoms with Crippen molar-refractivity contribution >= 4 is 34.8 Å². The Morgan fingerprint density at radius 2 is 1.64 bits per heavy atom. The normalized spacial score (nSPS) is 10.3. The fourth-order valence-corrected chi connectivity index (χ4v) is 2.75. The lowest BCUT2D eigenvalue weighted by Crippen LogP contribution is -2.14. The van der Waals surface area contributed by atoms with E-state index in [-0.39, 0.29) is 5.91 Å². The van der Waals surface area contributed by atoms with E-state index in [2.05, 4.69) is 5.32 Å². The maximum atomic E-state index is 12.6. The number of amides is 1. The zero-order chi connectivity index (χ0) is 17.6. The van der Waals surface area contributed by atoms with Crippen LogP contribution in [0.3, 0.4) is 0 Å². The maximum absolute atomic E-state index is 12.6. The molecule has 0 heterocycles. The summed E-state index contributed by atoms with van der Waals surface area (Å²) in [5.41, 5.74) is 1.96. The van der Waals surface area contributed by atoms with Crippen LogP contribution in [0.2, 0.25) is 10.0 Å². The van der Waals surface area contributed by atoms with Crippen LogP contribution in [0.1, 0.15) is 15.9 Å². The van der Waals surface area contributed by atoms with Crippen molar-refractivity contribution in [1.82, 2.24) is 0 Å². The molecule has 1 amide bonds. The van der Waals surface area contributed by atoms with Gasteiger partial charge in [-0.2, -0.15) is 0 Å². The molecule has 0 atom stereocenters. The van der Waals surface area contributed by atoms with E-state index in [0.29, 0.717) is 33.7 Å².